The number of benzene rings is 1. The fourth-order valence-electron chi connectivity index (χ4n) is 2.08. The van der Waals surface area contributed by atoms with Crippen LogP contribution in [0.15, 0.2) is 53.3 Å². The lowest BCUT2D eigenvalue weighted by Gasteiger charge is -2.08. The van der Waals surface area contributed by atoms with Crippen LogP contribution in [0.5, 0.6) is 0 Å². The van der Waals surface area contributed by atoms with E-state index in [0.717, 1.165) is 11.3 Å². The lowest BCUT2D eigenvalue weighted by Crippen LogP contribution is -2.13. The van der Waals surface area contributed by atoms with Crippen molar-refractivity contribution >= 4 is 29.0 Å². The van der Waals surface area contributed by atoms with Gasteiger partial charge in [0.1, 0.15) is 5.76 Å². The second kappa shape index (κ2) is 7.14. The Morgan fingerprint density at radius 2 is 2.00 bits per heavy atom. The molecule has 0 saturated carbocycles. The van der Waals surface area contributed by atoms with Crippen LogP contribution in [0.1, 0.15) is 21.7 Å². The van der Waals surface area contributed by atoms with Crippen molar-refractivity contribution in [3.05, 3.63) is 70.7 Å². The molecule has 6 nitrogen and oxygen atoms in total. The van der Waals surface area contributed by atoms with Crippen molar-refractivity contribution in [2.45, 2.75) is 13.5 Å². The second-order valence-electron chi connectivity index (χ2n) is 5.22. The molecular weight excluding hydrogens is 328 g/mol. The monoisotopic (exact) mass is 342 g/mol. The molecule has 0 unspecified atom stereocenters. The largest absolute Gasteiger partial charge is 0.380 e. The van der Waals surface area contributed by atoms with Gasteiger partial charge in [0.05, 0.1) is 11.3 Å². The average Bonchev–Trinajstić information content (AvgIpc) is 2.99. The van der Waals surface area contributed by atoms with E-state index in [-0.39, 0.29) is 5.91 Å². The van der Waals surface area contributed by atoms with Gasteiger partial charge in [-0.1, -0.05) is 28.9 Å². The number of pyridine rings is 1. The Hall–Kier alpha value is -2.86. The molecule has 3 rings (SSSR count). The highest BCUT2D eigenvalue weighted by atomic mass is 35.5. The summed E-state index contributed by atoms with van der Waals surface area (Å²) in [5, 5.41) is 10.3. The van der Waals surface area contributed by atoms with Gasteiger partial charge in [-0.25, -0.2) is 0 Å². The number of amides is 1. The molecular formula is C17H15ClN4O2. The van der Waals surface area contributed by atoms with Gasteiger partial charge in [0.25, 0.3) is 5.91 Å². The number of carbonyl (C=O) groups is 1. The number of halogens is 1. The topological polar surface area (TPSA) is 80.0 Å². The van der Waals surface area contributed by atoms with E-state index in [2.05, 4.69) is 20.8 Å². The number of nitrogens with zero attached hydrogens (tertiary/aromatic N) is 2. The third kappa shape index (κ3) is 4.11. The Bertz CT molecular complexity index is 846. The quantitative estimate of drug-likeness (QED) is 0.735. The zero-order valence-corrected chi connectivity index (χ0v) is 13.7. The highest BCUT2D eigenvalue weighted by molar-refractivity contribution is 6.30. The fourth-order valence-corrected chi connectivity index (χ4v) is 2.21. The molecule has 0 atom stereocenters. The normalized spacial score (nSPS) is 10.4. The molecule has 0 saturated heterocycles. The predicted molar refractivity (Wildman–Crippen MR) is 92.2 cm³/mol. The van der Waals surface area contributed by atoms with Crippen molar-refractivity contribution in [2.24, 2.45) is 0 Å². The van der Waals surface area contributed by atoms with E-state index in [1.807, 2.05) is 24.3 Å². The van der Waals surface area contributed by atoms with Crippen LogP contribution in [0.3, 0.4) is 0 Å². The lowest BCUT2D eigenvalue weighted by atomic mass is 10.2. The number of nitrogens with one attached hydrogen (secondary N) is 2. The van der Waals surface area contributed by atoms with Gasteiger partial charge in [0, 0.05) is 30.0 Å². The van der Waals surface area contributed by atoms with Crippen LogP contribution in [-0.4, -0.2) is 16.0 Å². The number of carbonyl (C=O) groups excluding carboxylic acids is 1. The number of aryl methyl sites for hydroxylation is 1. The molecule has 2 heterocycles. The van der Waals surface area contributed by atoms with Crippen LogP contribution in [0.2, 0.25) is 5.02 Å². The first-order valence-corrected chi connectivity index (χ1v) is 7.66. The van der Waals surface area contributed by atoms with Gasteiger partial charge < -0.3 is 15.2 Å². The summed E-state index contributed by atoms with van der Waals surface area (Å²) in [6.07, 6.45) is 3.16. The second-order valence-corrected chi connectivity index (χ2v) is 5.66. The third-order valence-corrected chi connectivity index (χ3v) is 3.53. The smallest absolute Gasteiger partial charge is 0.258 e. The van der Waals surface area contributed by atoms with E-state index in [4.69, 9.17) is 16.1 Å². The summed E-state index contributed by atoms with van der Waals surface area (Å²) in [6.45, 7) is 2.36. The van der Waals surface area contributed by atoms with Crippen LogP contribution in [0.4, 0.5) is 11.5 Å². The first-order valence-electron chi connectivity index (χ1n) is 7.28. The van der Waals surface area contributed by atoms with E-state index in [1.54, 1.807) is 25.3 Å². The Morgan fingerprint density at radius 1 is 1.21 bits per heavy atom. The van der Waals surface area contributed by atoms with Crippen molar-refractivity contribution in [2.75, 3.05) is 10.6 Å². The maximum absolute atomic E-state index is 12.2. The summed E-state index contributed by atoms with van der Waals surface area (Å²) >= 11 is 5.87. The van der Waals surface area contributed by atoms with Crippen molar-refractivity contribution in [3.8, 4) is 0 Å². The molecule has 0 aliphatic carbocycles. The van der Waals surface area contributed by atoms with Gasteiger partial charge >= 0.3 is 0 Å². The molecule has 7 heteroatoms. The number of hydrogen-bond acceptors (Lipinski definition) is 5. The lowest BCUT2D eigenvalue weighted by molar-refractivity contribution is 0.102. The van der Waals surface area contributed by atoms with Crippen molar-refractivity contribution < 1.29 is 9.32 Å². The summed E-state index contributed by atoms with van der Waals surface area (Å²) in [4.78, 5) is 16.3. The standard InChI is InChI=1S/C17H15ClN4O2/c1-11-6-16(22-24-11)21-17(23)13-7-15(10-19-9-13)20-8-12-2-4-14(18)5-3-12/h2-7,9-10,20H,8H2,1H3,(H,21,22,23). The summed E-state index contributed by atoms with van der Waals surface area (Å²) in [6, 6.07) is 10.9. The number of anilines is 2. The van der Waals surface area contributed by atoms with E-state index in [9.17, 15) is 4.79 Å². The highest BCUT2D eigenvalue weighted by Crippen LogP contribution is 2.14. The Kier molecular flexibility index (Phi) is 4.77. The minimum absolute atomic E-state index is 0.300. The summed E-state index contributed by atoms with van der Waals surface area (Å²) in [5.74, 6) is 0.699. The Morgan fingerprint density at radius 3 is 2.71 bits per heavy atom. The van der Waals surface area contributed by atoms with Crippen LogP contribution >= 0.6 is 11.6 Å². The number of rotatable bonds is 5. The van der Waals surface area contributed by atoms with Crippen molar-refractivity contribution in [1.82, 2.24) is 10.1 Å². The maximum Gasteiger partial charge on any atom is 0.258 e. The Balaban J connectivity index is 1.64. The molecule has 2 aromatic heterocycles. The molecule has 0 fully saturated rings. The number of hydrogen-bond donors (Lipinski definition) is 2. The first-order chi connectivity index (χ1) is 11.6. The molecule has 2 N–H and O–H groups in total. The minimum Gasteiger partial charge on any atom is -0.380 e. The van der Waals surface area contributed by atoms with E-state index >= 15 is 0 Å². The van der Waals surface area contributed by atoms with E-state index in [0.29, 0.717) is 28.7 Å². The molecule has 24 heavy (non-hydrogen) atoms. The molecule has 0 spiro atoms. The first kappa shape index (κ1) is 16.0. The maximum atomic E-state index is 12.2. The van der Waals surface area contributed by atoms with Crippen LogP contribution in [0, 0.1) is 6.92 Å². The predicted octanol–water partition coefficient (Wildman–Crippen LogP) is 3.90. The van der Waals surface area contributed by atoms with Crippen molar-refractivity contribution in [3.63, 3.8) is 0 Å². The zero-order chi connectivity index (χ0) is 16.9. The fraction of sp³-hybridized carbons (Fsp3) is 0.118. The zero-order valence-electron chi connectivity index (χ0n) is 12.9. The molecule has 3 aromatic rings. The van der Waals surface area contributed by atoms with Gasteiger partial charge in [0.2, 0.25) is 0 Å². The van der Waals surface area contributed by atoms with Crippen LogP contribution in [-0.2, 0) is 6.54 Å². The van der Waals surface area contributed by atoms with Gasteiger partial charge in [-0.2, -0.15) is 0 Å². The van der Waals surface area contributed by atoms with Gasteiger partial charge in [0.15, 0.2) is 5.82 Å². The Labute approximate surface area is 143 Å². The molecule has 0 bridgehead atoms. The molecule has 1 aromatic carbocycles. The molecule has 0 aliphatic rings. The summed E-state index contributed by atoms with van der Waals surface area (Å²) in [7, 11) is 0. The van der Waals surface area contributed by atoms with Crippen LogP contribution in [0.25, 0.3) is 0 Å². The molecule has 0 radical (unpaired) electrons. The molecule has 0 aliphatic heterocycles. The van der Waals surface area contributed by atoms with E-state index in [1.165, 1.54) is 6.20 Å². The van der Waals surface area contributed by atoms with Gasteiger partial charge in [-0.05, 0) is 30.7 Å². The summed E-state index contributed by atoms with van der Waals surface area (Å²) in [5.41, 5.74) is 2.25. The van der Waals surface area contributed by atoms with Gasteiger partial charge in [-0.15, -0.1) is 0 Å². The van der Waals surface area contributed by atoms with E-state index < -0.39 is 0 Å². The highest BCUT2D eigenvalue weighted by Gasteiger charge is 2.10. The van der Waals surface area contributed by atoms with Gasteiger partial charge in [-0.3, -0.25) is 9.78 Å². The summed E-state index contributed by atoms with van der Waals surface area (Å²) < 4.78 is 4.92. The minimum atomic E-state index is -0.300. The number of aromatic nitrogens is 2. The van der Waals surface area contributed by atoms with Crippen LogP contribution < -0.4 is 10.6 Å². The molecule has 122 valence electrons. The SMILES string of the molecule is Cc1cc(NC(=O)c2cncc(NCc3ccc(Cl)cc3)c2)no1. The molecule has 1 amide bonds. The third-order valence-electron chi connectivity index (χ3n) is 3.28. The average molecular weight is 343 g/mol. The van der Waals surface area contributed by atoms with Crippen molar-refractivity contribution in [1.29, 1.82) is 0 Å².